The number of halogens is 1. The Kier molecular flexibility index (Phi) is 4.36. The van der Waals surface area contributed by atoms with Crippen LogP contribution >= 0.6 is 0 Å². The van der Waals surface area contributed by atoms with Crippen molar-refractivity contribution in [1.82, 2.24) is 20.3 Å². The molecule has 4 rings (SSSR count). The standard InChI is InChI=1S/C18H19FN6O2/c19-15-12(4-5-13-16(15)24-18(27)23-13)17(26)21-8-11-2-1-3-14(22-11)25-7-6-10(20)9-25/h1-5,10H,6-9,20H2,(H,21,26)(H2,23,24,27)/t10-/m0/s1. The van der Waals surface area contributed by atoms with E-state index < -0.39 is 17.4 Å². The van der Waals surface area contributed by atoms with Gasteiger partial charge in [0.05, 0.1) is 23.3 Å². The summed E-state index contributed by atoms with van der Waals surface area (Å²) in [6, 6.07) is 8.54. The second-order valence-corrected chi connectivity index (χ2v) is 6.59. The topological polar surface area (TPSA) is 120 Å². The number of hydrogen-bond acceptors (Lipinski definition) is 5. The van der Waals surface area contributed by atoms with Crippen LogP contribution < -0.4 is 21.6 Å². The van der Waals surface area contributed by atoms with E-state index in [1.807, 2.05) is 12.1 Å². The number of amides is 1. The molecule has 8 nitrogen and oxygen atoms in total. The molecule has 3 heterocycles. The summed E-state index contributed by atoms with van der Waals surface area (Å²) in [6.45, 7) is 1.76. The van der Waals surface area contributed by atoms with Crippen molar-refractivity contribution in [3.8, 4) is 0 Å². The number of benzene rings is 1. The van der Waals surface area contributed by atoms with E-state index in [0.29, 0.717) is 11.2 Å². The molecule has 1 atom stereocenters. The molecule has 1 fully saturated rings. The number of nitrogens with two attached hydrogens (primary N) is 1. The average Bonchev–Trinajstić information content (AvgIpc) is 3.26. The Morgan fingerprint density at radius 3 is 2.96 bits per heavy atom. The SMILES string of the molecule is N[C@H]1CCN(c2cccc(CNC(=O)c3ccc4[nH]c(=O)[nH]c4c3F)n2)C1. The number of nitrogens with one attached hydrogen (secondary N) is 3. The van der Waals surface area contributed by atoms with Gasteiger partial charge in [-0.25, -0.2) is 14.2 Å². The third kappa shape index (κ3) is 3.41. The largest absolute Gasteiger partial charge is 0.355 e. The van der Waals surface area contributed by atoms with E-state index >= 15 is 0 Å². The first-order valence-electron chi connectivity index (χ1n) is 8.66. The van der Waals surface area contributed by atoms with Crippen LogP contribution in [0.25, 0.3) is 11.0 Å². The Bertz CT molecular complexity index is 1060. The molecule has 27 heavy (non-hydrogen) atoms. The minimum absolute atomic E-state index is 0.0156. The van der Waals surface area contributed by atoms with E-state index in [9.17, 15) is 14.0 Å². The number of imidazole rings is 1. The third-order valence-electron chi connectivity index (χ3n) is 4.64. The molecule has 2 aromatic heterocycles. The molecule has 0 spiro atoms. The lowest BCUT2D eigenvalue weighted by atomic mass is 10.1. The number of aromatic amines is 2. The summed E-state index contributed by atoms with van der Waals surface area (Å²) >= 11 is 0. The van der Waals surface area contributed by atoms with Gasteiger partial charge in [-0.05, 0) is 30.7 Å². The minimum Gasteiger partial charge on any atom is -0.355 e. The monoisotopic (exact) mass is 370 g/mol. The van der Waals surface area contributed by atoms with Gasteiger partial charge in [-0.1, -0.05) is 6.07 Å². The van der Waals surface area contributed by atoms with Crippen molar-refractivity contribution < 1.29 is 9.18 Å². The van der Waals surface area contributed by atoms with Gasteiger partial charge >= 0.3 is 5.69 Å². The maximum absolute atomic E-state index is 14.5. The summed E-state index contributed by atoms with van der Waals surface area (Å²) in [5, 5.41) is 2.67. The Balaban J connectivity index is 1.48. The van der Waals surface area contributed by atoms with Crippen LogP contribution in [0.1, 0.15) is 22.5 Å². The summed E-state index contributed by atoms with van der Waals surface area (Å²) < 4.78 is 14.5. The summed E-state index contributed by atoms with van der Waals surface area (Å²) in [4.78, 5) is 35.1. The summed E-state index contributed by atoms with van der Waals surface area (Å²) in [5.41, 5.74) is 6.23. The highest BCUT2D eigenvalue weighted by molar-refractivity contribution is 5.97. The van der Waals surface area contributed by atoms with Crippen LogP contribution in [0.2, 0.25) is 0 Å². The number of fused-ring (bicyclic) bond motifs is 1. The minimum atomic E-state index is -0.767. The quantitative estimate of drug-likeness (QED) is 0.543. The molecule has 1 aliphatic rings. The van der Waals surface area contributed by atoms with Crippen LogP contribution in [-0.2, 0) is 6.54 Å². The van der Waals surface area contributed by atoms with Gasteiger partial charge < -0.3 is 25.9 Å². The molecule has 0 saturated carbocycles. The second-order valence-electron chi connectivity index (χ2n) is 6.59. The maximum Gasteiger partial charge on any atom is 0.323 e. The van der Waals surface area contributed by atoms with Gasteiger partial charge in [-0.15, -0.1) is 0 Å². The van der Waals surface area contributed by atoms with Crippen LogP contribution in [0.4, 0.5) is 10.2 Å². The van der Waals surface area contributed by atoms with E-state index in [2.05, 4.69) is 25.2 Å². The summed E-state index contributed by atoms with van der Waals surface area (Å²) in [5.74, 6) is -0.532. The highest BCUT2D eigenvalue weighted by atomic mass is 19.1. The zero-order valence-corrected chi connectivity index (χ0v) is 14.5. The number of hydrogen-bond donors (Lipinski definition) is 4. The van der Waals surface area contributed by atoms with Gasteiger partial charge in [0.25, 0.3) is 5.91 Å². The molecule has 3 aromatic rings. The van der Waals surface area contributed by atoms with Gasteiger partial charge in [-0.2, -0.15) is 0 Å². The average molecular weight is 370 g/mol. The maximum atomic E-state index is 14.5. The molecule has 1 aromatic carbocycles. The molecule has 0 radical (unpaired) electrons. The Hall–Kier alpha value is -3.20. The number of carbonyl (C=O) groups excluding carboxylic acids is 1. The third-order valence-corrected chi connectivity index (χ3v) is 4.64. The van der Waals surface area contributed by atoms with Crippen molar-refractivity contribution in [2.24, 2.45) is 5.73 Å². The van der Waals surface area contributed by atoms with Crippen molar-refractivity contribution in [2.45, 2.75) is 19.0 Å². The van der Waals surface area contributed by atoms with Gasteiger partial charge in [0, 0.05) is 19.1 Å². The first-order chi connectivity index (χ1) is 13.0. The van der Waals surface area contributed by atoms with Crippen LogP contribution in [0.15, 0.2) is 35.1 Å². The predicted octanol–water partition coefficient (Wildman–Crippen LogP) is 0.858. The van der Waals surface area contributed by atoms with E-state index in [1.54, 1.807) is 6.07 Å². The van der Waals surface area contributed by atoms with Crippen LogP contribution in [0.3, 0.4) is 0 Å². The molecule has 140 valence electrons. The van der Waals surface area contributed by atoms with Gasteiger partial charge in [0.2, 0.25) is 0 Å². The lowest BCUT2D eigenvalue weighted by Gasteiger charge is -2.17. The van der Waals surface area contributed by atoms with Crippen molar-refractivity contribution in [3.05, 3.63) is 57.9 Å². The number of H-pyrrole nitrogens is 2. The van der Waals surface area contributed by atoms with Gasteiger partial charge in [0.15, 0.2) is 5.82 Å². The highest BCUT2D eigenvalue weighted by Gasteiger charge is 2.20. The lowest BCUT2D eigenvalue weighted by molar-refractivity contribution is 0.0946. The van der Waals surface area contributed by atoms with Crippen LogP contribution in [0.5, 0.6) is 0 Å². The number of pyridine rings is 1. The Morgan fingerprint density at radius 1 is 1.33 bits per heavy atom. The molecule has 1 saturated heterocycles. The van der Waals surface area contributed by atoms with Crippen LogP contribution in [0, 0.1) is 5.82 Å². The lowest BCUT2D eigenvalue weighted by Crippen LogP contribution is -2.28. The fourth-order valence-corrected chi connectivity index (χ4v) is 3.25. The van der Waals surface area contributed by atoms with Crippen LogP contribution in [-0.4, -0.2) is 40.0 Å². The molecule has 9 heteroatoms. The smallest absolute Gasteiger partial charge is 0.323 e. The molecule has 1 aliphatic heterocycles. The zero-order valence-electron chi connectivity index (χ0n) is 14.5. The van der Waals surface area contributed by atoms with E-state index in [0.717, 1.165) is 25.3 Å². The van der Waals surface area contributed by atoms with Gasteiger partial charge in [-0.3, -0.25) is 4.79 Å². The van der Waals surface area contributed by atoms with Crippen molar-refractivity contribution >= 4 is 22.8 Å². The summed E-state index contributed by atoms with van der Waals surface area (Å²) in [7, 11) is 0. The van der Waals surface area contributed by atoms with Crippen molar-refractivity contribution in [3.63, 3.8) is 0 Å². The normalized spacial score (nSPS) is 16.8. The number of carbonyl (C=O) groups is 1. The molecular weight excluding hydrogens is 351 g/mol. The summed E-state index contributed by atoms with van der Waals surface area (Å²) in [6.07, 6.45) is 0.922. The molecule has 0 unspecified atom stereocenters. The number of aromatic nitrogens is 3. The number of anilines is 1. The Morgan fingerprint density at radius 2 is 2.19 bits per heavy atom. The molecule has 5 N–H and O–H groups in total. The second kappa shape index (κ2) is 6.84. The highest BCUT2D eigenvalue weighted by Crippen LogP contribution is 2.18. The number of rotatable bonds is 4. The van der Waals surface area contributed by atoms with Gasteiger partial charge in [0.1, 0.15) is 11.3 Å². The van der Waals surface area contributed by atoms with E-state index in [-0.39, 0.29) is 23.7 Å². The molecule has 0 bridgehead atoms. The van der Waals surface area contributed by atoms with E-state index in [4.69, 9.17) is 5.73 Å². The fraction of sp³-hybridized carbons (Fsp3) is 0.278. The first kappa shape index (κ1) is 17.2. The fourth-order valence-electron chi connectivity index (χ4n) is 3.25. The molecule has 1 amide bonds. The molecular formula is C18H19FN6O2. The predicted molar refractivity (Wildman–Crippen MR) is 99.1 cm³/mol. The Labute approximate surface area is 153 Å². The zero-order chi connectivity index (χ0) is 19.0. The van der Waals surface area contributed by atoms with Crippen molar-refractivity contribution in [2.75, 3.05) is 18.0 Å². The number of nitrogens with zero attached hydrogens (tertiary/aromatic N) is 2. The van der Waals surface area contributed by atoms with Crippen molar-refractivity contribution in [1.29, 1.82) is 0 Å². The molecule has 0 aliphatic carbocycles. The van der Waals surface area contributed by atoms with E-state index in [1.165, 1.54) is 12.1 Å². The first-order valence-corrected chi connectivity index (χ1v) is 8.66.